The minimum Gasteiger partial charge on any atom is -0.323 e. The van der Waals surface area contributed by atoms with Gasteiger partial charge in [0.25, 0.3) is 0 Å². The smallest absolute Gasteiger partial charge is 0.248 e. The van der Waals surface area contributed by atoms with Gasteiger partial charge in [-0.25, -0.2) is 8.42 Å². The molecule has 1 N–H and O–H groups in total. The zero-order valence-corrected chi connectivity index (χ0v) is 15.2. The Hall–Kier alpha value is -1.96. The van der Waals surface area contributed by atoms with E-state index in [-0.39, 0.29) is 10.8 Å². The molecule has 2 aromatic rings. The lowest BCUT2D eigenvalue weighted by atomic mass is 10.3. The maximum absolute atomic E-state index is 12.4. The molecule has 0 saturated carbocycles. The molecule has 1 aromatic carbocycles. The molecule has 7 heteroatoms. The summed E-state index contributed by atoms with van der Waals surface area (Å²) < 4.78 is 26.2. The molecule has 0 saturated heterocycles. The lowest BCUT2D eigenvalue weighted by Crippen LogP contribution is -2.30. The van der Waals surface area contributed by atoms with E-state index in [2.05, 4.69) is 5.32 Å². The molecule has 1 aromatic heterocycles. The quantitative estimate of drug-likeness (QED) is 0.766. The SMILES string of the molecule is CCN(CC)S(=O)(=O)c1ccc(NC(=O)/C=C\c2cccs2)cc1. The second-order valence-electron chi connectivity index (χ2n) is 4.95. The fraction of sp³-hybridized carbons (Fsp3) is 0.235. The van der Waals surface area contributed by atoms with Crippen LogP contribution >= 0.6 is 11.3 Å². The van der Waals surface area contributed by atoms with E-state index in [9.17, 15) is 13.2 Å². The first-order chi connectivity index (χ1) is 11.5. The Bertz CT molecular complexity index is 791. The minimum atomic E-state index is -3.48. The highest BCUT2D eigenvalue weighted by molar-refractivity contribution is 7.89. The van der Waals surface area contributed by atoms with Crippen molar-refractivity contribution in [2.75, 3.05) is 18.4 Å². The van der Waals surface area contributed by atoms with E-state index in [0.29, 0.717) is 18.8 Å². The average molecular weight is 364 g/mol. The van der Waals surface area contributed by atoms with Crippen LogP contribution < -0.4 is 5.32 Å². The lowest BCUT2D eigenvalue weighted by Gasteiger charge is -2.18. The van der Waals surface area contributed by atoms with Gasteiger partial charge in [-0.15, -0.1) is 11.3 Å². The fourth-order valence-corrected chi connectivity index (χ4v) is 4.23. The van der Waals surface area contributed by atoms with Gasteiger partial charge in [0.15, 0.2) is 0 Å². The van der Waals surface area contributed by atoms with Gasteiger partial charge in [0, 0.05) is 29.7 Å². The molecule has 0 spiro atoms. The molecule has 1 heterocycles. The van der Waals surface area contributed by atoms with Crippen LogP contribution in [0.1, 0.15) is 18.7 Å². The largest absolute Gasteiger partial charge is 0.323 e. The number of anilines is 1. The van der Waals surface area contributed by atoms with E-state index in [1.807, 2.05) is 17.5 Å². The van der Waals surface area contributed by atoms with Crippen LogP contribution in [0.25, 0.3) is 6.08 Å². The number of nitrogens with zero attached hydrogens (tertiary/aromatic N) is 1. The number of hydrogen-bond donors (Lipinski definition) is 1. The Morgan fingerprint density at radius 2 is 1.83 bits per heavy atom. The molecule has 24 heavy (non-hydrogen) atoms. The van der Waals surface area contributed by atoms with E-state index >= 15 is 0 Å². The Morgan fingerprint density at radius 3 is 2.38 bits per heavy atom. The Morgan fingerprint density at radius 1 is 1.17 bits per heavy atom. The molecule has 1 amide bonds. The number of carbonyl (C=O) groups excluding carboxylic acids is 1. The van der Waals surface area contributed by atoms with Crippen molar-refractivity contribution in [3.8, 4) is 0 Å². The second kappa shape index (κ2) is 8.23. The summed E-state index contributed by atoms with van der Waals surface area (Å²) in [6.45, 7) is 4.45. The third-order valence-electron chi connectivity index (χ3n) is 3.41. The van der Waals surface area contributed by atoms with Crippen molar-refractivity contribution in [1.29, 1.82) is 0 Å². The third kappa shape index (κ3) is 4.53. The monoisotopic (exact) mass is 364 g/mol. The second-order valence-corrected chi connectivity index (χ2v) is 7.87. The summed E-state index contributed by atoms with van der Waals surface area (Å²) in [4.78, 5) is 13.1. The number of nitrogens with one attached hydrogen (secondary N) is 1. The molecule has 0 aliphatic carbocycles. The van der Waals surface area contributed by atoms with Crippen molar-refractivity contribution in [1.82, 2.24) is 4.31 Å². The normalized spacial score (nSPS) is 12.0. The molecule has 0 aliphatic heterocycles. The van der Waals surface area contributed by atoms with Crippen molar-refractivity contribution in [3.05, 3.63) is 52.7 Å². The highest BCUT2D eigenvalue weighted by Gasteiger charge is 2.21. The van der Waals surface area contributed by atoms with Gasteiger partial charge in [-0.2, -0.15) is 4.31 Å². The first-order valence-electron chi connectivity index (χ1n) is 7.60. The molecule has 5 nitrogen and oxygen atoms in total. The van der Waals surface area contributed by atoms with Crippen molar-refractivity contribution in [2.45, 2.75) is 18.7 Å². The molecule has 0 fully saturated rings. The van der Waals surface area contributed by atoms with E-state index in [0.717, 1.165) is 4.88 Å². The van der Waals surface area contributed by atoms with Gasteiger partial charge in [-0.05, 0) is 41.8 Å². The van der Waals surface area contributed by atoms with Gasteiger partial charge in [0.1, 0.15) is 0 Å². The molecule has 0 radical (unpaired) electrons. The topological polar surface area (TPSA) is 66.5 Å². The van der Waals surface area contributed by atoms with Crippen molar-refractivity contribution in [2.24, 2.45) is 0 Å². The Labute approximate surface area is 146 Å². The summed E-state index contributed by atoms with van der Waals surface area (Å²) in [6.07, 6.45) is 3.19. The predicted octanol–water partition coefficient (Wildman–Crippen LogP) is 3.43. The molecular weight excluding hydrogens is 344 g/mol. The van der Waals surface area contributed by atoms with Crippen LogP contribution in [0.3, 0.4) is 0 Å². The summed E-state index contributed by atoms with van der Waals surface area (Å²) >= 11 is 1.54. The number of hydrogen-bond acceptors (Lipinski definition) is 4. The van der Waals surface area contributed by atoms with E-state index < -0.39 is 10.0 Å². The number of benzene rings is 1. The molecular formula is C17H20N2O3S2. The van der Waals surface area contributed by atoms with Crippen molar-refractivity contribution in [3.63, 3.8) is 0 Å². The van der Waals surface area contributed by atoms with Gasteiger partial charge >= 0.3 is 0 Å². The minimum absolute atomic E-state index is 0.221. The van der Waals surface area contributed by atoms with Crippen LogP contribution in [0.5, 0.6) is 0 Å². The highest BCUT2D eigenvalue weighted by atomic mass is 32.2. The van der Waals surface area contributed by atoms with Crippen LogP contribution in [0, 0.1) is 0 Å². The summed E-state index contributed by atoms with van der Waals surface area (Å²) in [7, 11) is -3.48. The van der Waals surface area contributed by atoms with Gasteiger partial charge in [0.2, 0.25) is 15.9 Å². The molecule has 128 valence electrons. The zero-order chi connectivity index (χ0) is 17.6. The molecule has 0 atom stereocenters. The number of amides is 1. The Kier molecular flexibility index (Phi) is 6.30. The van der Waals surface area contributed by atoms with Crippen LogP contribution in [0.2, 0.25) is 0 Å². The van der Waals surface area contributed by atoms with Crippen molar-refractivity contribution < 1.29 is 13.2 Å². The lowest BCUT2D eigenvalue weighted by molar-refractivity contribution is -0.111. The van der Waals surface area contributed by atoms with Crippen LogP contribution in [-0.2, 0) is 14.8 Å². The molecule has 2 rings (SSSR count). The number of carbonyl (C=O) groups is 1. The van der Waals surface area contributed by atoms with E-state index in [1.165, 1.54) is 22.5 Å². The average Bonchev–Trinajstić information content (AvgIpc) is 3.08. The summed E-state index contributed by atoms with van der Waals surface area (Å²) in [5, 5.41) is 4.65. The first-order valence-corrected chi connectivity index (χ1v) is 9.92. The van der Waals surface area contributed by atoms with Crippen LogP contribution in [0.4, 0.5) is 5.69 Å². The molecule has 0 aliphatic rings. The van der Waals surface area contributed by atoms with E-state index in [4.69, 9.17) is 0 Å². The third-order valence-corrected chi connectivity index (χ3v) is 6.31. The summed E-state index contributed by atoms with van der Waals surface area (Å²) in [5.41, 5.74) is 0.550. The van der Waals surface area contributed by atoms with E-state index in [1.54, 1.807) is 43.4 Å². The number of sulfonamides is 1. The maximum atomic E-state index is 12.4. The first kappa shape index (κ1) is 18.4. The van der Waals surface area contributed by atoms with Gasteiger partial charge in [-0.1, -0.05) is 19.9 Å². The number of thiophene rings is 1. The number of rotatable bonds is 7. The van der Waals surface area contributed by atoms with Crippen molar-refractivity contribution >= 4 is 39.0 Å². The summed E-state index contributed by atoms with van der Waals surface area (Å²) in [6, 6.07) is 10.0. The predicted molar refractivity (Wildman–Crippen MR) is 98.5 cm³/mol. The summed E-state index contributed by atoms with van der Waals surface area (Å²) in [5.74, 6) is -0.261. The van der Waals surface area contributed by atoms with Crippen LogP contribution in [0.15, 0.2) is 52.7 Å². The fourth-order valence-electron chi connectivity index (χ4n) is 2.15. The highest BCUT2D eigenvalue weighted by Crippen LogP contribution is 2.18. The zero-order valence-electron chi connectivity index (χ0n) is 13.6. The maximum Gasteiger partial charge on any atom is 0.248 e. The van der Waals surface area contributed by atoms with Gasteiger partial charge in [-0.3, -0.25) is 4.79 Å². The molecule has 0 bridgehead atoms. The van der Waals surface area contributed by atoms with Gasteiger partial charge in [0.05, 0.1) is 4.90 Å². The standard InChI is InChI=1S/C17H20N2O3S2/c1-3-19(4-2)24(21,22)16-10-7-14(8-11-16)18-17(20)12-9-15-6-5-13-23-15/h5-13H,3-4H2,1-2H3,(H,18,20)/b12-9-. The van der Waals surface area contributed by atoms with Crippen LogP contribution in [-0.4, -0.2) is 31.7 Å². The Balaban J connectivity index is 2.05. The molecule has 0 unspecified atom stereocenters. The van der Waals surface area contributed by atoms with Gasteiger partial charge < -0.3 is 5.32 Å².